The molecule has 0 bridgehead atoms. The predicted octanol–water partition coefficient (Wildman–Crippen LogP) is 4.37. The number of ether oxygens (including phenoxy) is 2. The molecule has 1 saturated carbocycles. The van der Waals surface area contributed by atoms with E-state index >= 15 is 0 Å². The monoisotopic (exact) mass is 567 g/mol. The summed E-state index contributed by atoms with van der Waals surface area (Å²) in [7, 11) is 1.35. The molecule has 13 heteroatoms. The highest BCUT2D eigenvalue weighted by Gasteiger charge is 2.56. The van der Waals surface area contributed by atoms with Crippen LogP contribution in [0, 0.1) is 5.82 Å². The first kappa shape index (κ1) is 28.1. The zero-order valence-corrected chi connectivity index (χ0v) is 21.1. The molecule has 0 radical (unpaired) electrons. The highest BCUT2D eigenvalue weighted by Crippen LogP contribution is 2.39. The molecule has 0 aliphatic heterocycles. The molecule has 4 rings (SSSR count). The molecule has 1 fully saturated rings. The number of aliphatic hydroxyl groups is 1. The van der Waals surface area contributed by atoms with Crippen LogP contribution in [-0.4, -0.2) is 47.8 Å². The molecule has 0 saturated heterocycles. The van der Waals surface area contributed by atoms with Crippen LogP contribution in [0.1, 0.15) is 39.3 Å². The van der Waals surface area contributed by atoms with Gasteiger partial charge in [-0.25, -0.2) is 9.37 Å². The third-order valence-corrected chi connectivity index (χ3v) is 6.26. The number of rotatable bonds is 9. The Bertz CT molecular complexity index is 1430. The van der Waals surface area contributed by atoms with Crippen molar-refractivity contribution in [2.45, 2.75) is 30.7 Å². The van der Waals surface area contributed by atoms with E-state index in [4.69, 9.17) is 26.8 Å². The van der Waals surface area contributed by atoms with Gasteiger partial charge in [0.25, 0.3) is 5.91 Å². The summed E-state index contributed by atoms with van der Waals surface area (Å²) in [6, 6.07) is 9.06. The number of nitrogens with two attached hydrogens (primary N) is 1. The smallest absolute Gasteiger partial charge is 0.424 e. The van der Waals surface area contributed by atoms with Crippen LogP contribution in [0.3, 0.4) is 0 Å². The van der Waals surface area contributed by atoms with E-state index in [2.05, 4.69) is 10.3 Å². The predicted molar refractivity (Wildman–Crippen MR) is 132 cm³/mol. The van der Waals surface area contributed by atoms with Crippen molar-refractivity contribution in [1.82, 2.24) is 10.3 Å². The molecule has 1 aliphatic rings. The van der Waals surface area contributed by atoms with Crippen LogP contribution >= 0.6 is 11.6 Å². The average molecular weight is 568 g/mol. The molecule has 8 nitrogen and oxygen atoms in total. The second kappa shape index (κ2) is 10.7. The molecule has 1 aliphatic carbocycles. The van der Waals surface area contributed by atoms with Crippen LogP contribution in [0.4, 0.5) is 17.6 Å². The first-order valence-electron chi connectivity index (χ1n) is 11.5. The molecule has 206 valence electrons. The Kier molecular flexibility index (Phi) is 7.71. The first-order valence-corrected chi connectivity index (χ1v) is 11.9. The van der Waals surface area contributed by atoms with E-state index in [1.54, 1.807) is 0 Å². The highest BCUT2D eigenvalue weighted by atomic mass is 35.5. The molecular weight excluding hydrogens is 546 g/mol. The number of nitrogens with zero attached hydrogens (tertiary/aromatic N) is 1. The van der Waals surface area contributed by atoms with Crippen molar-refractivity contribution in [3.05, 3.63) is 76.2 Å². The Labute approximate surface area is 224 Å². The number of carbonyl (C=O) groups is 2. The van der Waals surface area contributed by atoms with Gasteiger partial charge in [0.1, 0.15) is 5.82 Å². The van der Waals surface area contributed by atoms with E-state index in [0.717, 1.165) is 31.0 Å². The van der Waals surface area contributed by atoms with Crippen molar-refractivity contribution in [3.63, 3.8) is 0 Å². The normalized spacial score (nSPS) is 14.8. The summed E-state index contributed by atoms with van der Waals surface area (Å²) in [6.45, 7) is -1.36. The van der Waals surface area contributed by atoms with Gasteiger partial charge in [-0.1, -0.05) is 11.6 Å². The molecule has 3 aromatic rings. The largest absolute Gasteiger partial charge is 0.493 e. The summed E-state index contributed by atoms with van der Waals surface area (Å²) < 4.78 is 67.3. The number of hydrogen-bond acceptors (Lipinski definition) is 6. The number of methoxy groups -OCH3 is 1. The van der Waals surface area contributed by atoms with Crippen LogP contribution < -0.4 is 20.5 Å². The number of halogens is 5. The van der Waals surface area contributed by atoms with Crippen LogP contribution in [0.5, 0.6) is 11.5 Å². The number of amides is 2. The molecule has 1 aromatic heterocycles. The molecule has 1 unspecified atom stereocenters. The molecule has 0 spiro atoms. The van der Waals surface area contributed by atoms with E-state index in [0.29, 0.717) is 11.8 Å². The molecule has 1 atom stereocenters. The van der Waals surface area contributed by atoms with Gasteiger partial charge in [-0.3, -0.25) is 9.59 Å². The lowest BCUT2D eigenvalue weighted by Gasteiger charge is -2.30. The second-order valence-corrected chi connectivity index (χ2v) is 9.25. The zero-order valence-electron chi connectivity index (χ0n) is 20.3. The fourth-order valence-electron chi connectivity index (χ4n) is 3.61. The number of pyridine rings is 1. The maximum atomic E-state index is 14.3. The first-order chi connectivity index (χ1) is 18.3. The number of nitrogens with one attached hydrogen (secondary N) is 1. The van der Waals surface area contributed by atoms with Crippen molar-refractivity contribution in [3.8, 4) is 22.8 Å². The number of hydrogen-bond donors (Lipinski definition) is 3. The molecule has 2 amide bonds. The quantitative estimate of drug-likeness (QED) is 0.330. The lowest BCUT2D eigenvalue weighted by atomic mass is 9.95. The van der Waals surface area contributed by atoms with E-state index in [1.165, 1.54) is 31.4 Å². The Hall–Kier alpha value is -3.90. The summed E-state index contributed by atoms with van der Waals surface area (Å²) in [6.07, 6.45) is -3.56. The van der Waals surface area contributed by atoms with E-state index in [9.17, 15) is 32.3 Å². The van der Waals surface area contributed by atoms with Gasteiger partial charge in [0, 0.05) is 16.7 Å². The Balaban J connectivity index is 1.67. The minimum atomic E-state index is -5.36. The third kappa shape index (κ3) is 6.07. The van der Waals surface area contributed by atoms with Crippen LogP contribution in [0.25, 0.3) is 11.3 Å². The van der Waals surface area contributed by atoms with Crippen LogP contribution in [0.15, 0.2) is 48.5 Å². The molecular formula is C26H22ClF4N3O5. The SMILES string of the molecule is COc1cc(C(=O)NCC(O)(c2cc(C(N)=O)cc(-c3ccc(F)c(Cl)c3)n2)C(F)(F)F)ccc1OC1CC1. The number of alkyl halides is 3. The summed E-state index contributed by atoms with van der Waals surface area (Å²) in [5.41, 5.74) is -0.123. The topological polar surface area (TPSA) is 124 Å². The Morgan fingerprint density at radius 2 is 1.82 bits per heavy atom. The summed E-state index contributed by atoms with van der Waals surface area (Å²) in [5, 5.41) is 12.6. The van der Waals surface area contributed by atoms with Crippen molar-refractivity contribution in [1.29, 1.82) is 0 Å². The van der Waals surface area contributed by atoms with Crippen LogP contribution in [0.2, 0.25) is 5.02 Å². The maximum absolute atomic E-state index is 14.3. The molecule has 2 aromatic carbocycles. The van der Waals surface area contributed by atoms with E-state index in [-0.39, 0.29) is 33.7 Å². The van der Waals surface area contributed by atoms with Gasteiger partial charge in [0.2, 0.25) is 11.5 Å². The average Bonchev–Trinajstić information content (AvgIpc) is 3.72. The summed E-state index contributed by atoms with van der Waals surface area (Å²) >= 11 is 5.78. The lowest BCUT2D eigenvalue weighted by Crippen LogP contribution is -2.51. The third-order valence-electron chi connectivity index (χ3n) is 5.97. The standard InChI is InChI=1S/C26H22ClF4N3O5/c1-38-21-10-14(3-7-20(21)39-16-4-5-16)24(36)33-12-25(37,26(29,30)31)22-11-15(23(32)35)9-19(34-22)13-2-6-18(28)17(27)8-13/h2-3,6-11,16,37H,4-5,12H2,1H3,(H2,32,35)(H,33,36). The van der Waals surface area contributed by atoms with Crippen molar-refractivity contribution >= 4 is 23.4 Å². The van der Waals surface area contributed by atoms with Gasteiger partial charge in [-0.05, 0) is 61.4 Å². The van der Waals surface area contributed by atoms with Crippen molar-refractivity contribution in [2.24, 2.45) is 5.73 Å². The molecule has 39 heavy (non-hydrogen) atoms. The van der Waals surface area contributed by atoms with Gasteiger partial charge in [-0.15, -0.1) is 0 Å². The number of aromatic nitrogens is 1. The fourth-order valence-corrected chi connectivity index (χ4v) is 3.79. The van der Waals surface area contributed by atoms with Gasteiger partial charge in [0.05, 0.1) is 36.2 Å². The minimum Gasteiger partial charge on any atom is -0.493 e. The van der Waals surface area contributed by atoms with Gasteiger partial charge in [0.15, 0.2) is 11.5 Å². The molecule has 4 N–H and O–H groups in total. The Morgan fingerprint density at radius 3 is 2.41 bits per heavy atom. The number of carbonyl (C=O) groups excluding carboxylic acids is 2. The van der Waals surface area contributed by atoms with Gasteiger partial charge < -0.3 is 25.6 Å². The number of primary amides is 1. The summed E-state index contributed by atoms with van der Waals surface area (Å²) in [4.78, 5) is 28.5. The minimum absolute atomic E-state index is 0.0415. The lowest BCUT2D eigenvalue weighted by molar-refractivity contribution is -0.265. The maximum Gasteiger partial charge on any atom is 0.424 e. The second-order valence-electron chi connectivity index (χ2n) is 8.84. The molecule has 1 heterocycles. The summed E-state index contributed by atoms with van der Waals surface area (Å²) in [5.74, 6) is -2.26. The van der Waals surface area contributed by atoms with Gasteiger partial charge >= 0.3 is 6.18 Å². The highest BCUT2D eigenvalue weighted by molar-refractivity contribution is 6.31. The Morgan fingerprint density at radius 1 is 1.10 bits per heavy atom. The number of benzene rings is 2. The van der Waals surface area contributed by atoms with E-state index in [1.807, 2.05) is 0 Å². The zero-order chi connectivity index (χ0) is 28.5. The van der Waals surface area contributed by atoms with Gasteiger partial charge in [-0.2, -0.15) is 13.2 Å². The van der Waals surface area contributed by atoms with Crippen molar-refractivity contribution in [2.75, 3.05) is 13.7 Å². The fraction of sp³-hybridized carbons (Fsp3) is 0.269. The van der Waals surface area contributed by atoms with E-state index < -0.39 is 47.2 Å². The van der Waals surface area contributed by atoms with Crippen LogP contribution in [-0.2, 0) is 5.60 Å². The van der Waals surface area contributed by atoms with Crippen molar-refractivity contribution < 1.29 is 41.7 Å².